The molecule has 1 atom stereocenters. The Kier molecular flexibility index (Phi) is 3.74. The van der Waals surface area contributed by atoms with E-state index in [4.69, 9.17) is 10.8 Å². The minimum absolute atomic E-state index is 0.380. The molecule has 0 saturated carbocycles. The molecule has 1 aromatic rings. The fourth-order valence-corrected chi connectivity index (χ4v) is 2.51. The number of amides is 1. The average Bonchev–Trinajstić information content (AvgIpc) is 2.38. The van der Waals surface area contributed by atoms with Gasteiger partial charge in [-0.2, -0.15) is 0 Å². The lowest BCUT2D eigenvalue weighted by Gasteiger charge is -2.33. The normalized spacial score (nSPS) is 19.2. The van der Waals surface area contributed by atoms with Gasteiger partial charge in [-0.15, -0.1) is 0 Å². The van der Waals surface area contributed by atoms with E-state index in [1.54, 1.807) is 6.07 Å². The van der Waals surface area contributed by atoms with Gasteiger partial charge >= 0.3 is 5.97 Å². The number of anilines is 1. The molecular formula is C14H18N2O3. The van der Waals surface area contributed by atoms with Crippen molar-refractivity contribution in [2.75, 3.05) is 18.0 Å². The number of piperidine rings is 1. The fraction of sp³-hybridized carbons (Fsp3) is 0.429. The number of carbonyl (C=O) groups excluding carboxylic acids is 1. The number of nitrogens with two attached hydrogens (primary N) is 1. The van der Waals surface area contributed by atoms with Crippen LogP contribution in [-0.4, -0.2) is 30.1 Å². The van der Waals surface area contributed by atoms with Crippen molar-refractivity contribution < 1.29 is 14.7 Å². The average molecular weight is 262 g/mol. The molecular weight excluding hydrogens is 244 g/mol. The Balaban J connectivity index is 2.32. The van der Waals surface area contributed by atoms with Gasteiger partial charge in [0.1, 0.15) is 0 Å². The van der Waals surface area contributed by atoms with Gasteiger partial charge in [0.05, 0.1) is 11.5 Å². The van der Waals surface area contributed by atoms with E-state index in [2.05, 4.69) is 0 Å². The van der Waals surface area contributed by atoms with Crippen LogP contribution in [0.15, 0.2) is 18.2 Å². The third-order valence-corrected chi connectivity index (χ3v) is 3.53. The van der Waals surface area contributed by atoms with Crippen molar-refractivity contribution >= 4 is 17.6 Å². The lowest BCUT2D eigenvalue weighted by atomic mass is 9.96. The molecule has 1 amide bonds. The van der Waals surface area contributed by atoms with Crippen molar-refractivity contribution in [2.24, 2.45) is 11.7 Å². The van der Waals surface area contributed by atoms with Crippen LogP contribution in [0.3, 0.4) is 0 Å². The first-order chi connectivity index (χ1) is 8.99. The van der Waals surface area contributed by atoms with E-state index >= 15 is 0 Å². The van der Waals surface area contributed by atoms with E-state index in [0.717, 1.165) is 24.2 Å². The number of carboxylic acid groups (broad SMARTS) is 1. The molecule has 1 heterocycles. The van der Waals surface area contributed by atoms with E-state index in [-0.39, 0.29) is 5.92 Å². The number of aryl methyl sites for hydroxylation is 1. The standard InChI is InChI=1S/C14H18N2O3/c1-9-4-5-11(13(15)17)12(7-9)16-6-2-3-10(8-16)14(18)19/h4-5,7,10H,2-3,6,8H2,1H3,(H2,15,17)(H,18,19). The zero-order valence-corrected chi connectivity index (χ0v) is 10.9. The summed E-state index contributed by atoms with van der Waals surface area (Å²) in [4.78, 5) is 24.5. The Labute approximate surface area is 112 Å². The highest BCUT2D eigenvalue weighted by Gasteiger charge is 2.27. The van der Waals surface area contributed by atoms with Crippen LogP contribution in [0.1, 0.15) is 28.8 Å². The van der Waals surface area contributed by atoms with Crippen LogP contribution in [0.2, 0.25) is 0 Å². The second-order valence-corrected chi connectivity index (χ2v) is 5.01. The van der Waals surface area contributed by atoms with Gasteiger partial charge < -0.3 is 15.7 Å². The summed E-state index contributed by atoms with van der Waals surface area (Å²) in [6, 6.07) is 5.43. The summed E-state index contributed by atoms with van der Waals surface area (Å²) in [5, 5.41) is 9.12. The summed E-state index contributed by atoms with van der Waals surface area (Å²) in [6.07, 6.45) is 1.49. The molecule has 0 radical (unpaired) electrons. The van der Waals surface area contributed by atoms with Gasteiger partial charge in [0.15, 0.2) is 0 Å². The monoisotopic (exact) mass is 262 g/mol. The van der Waals surface area contributed by atoms with E-state index in [9.17, 15) is 9.59 Å². The number of carbonyl (C=O) groups is 2. The number of carboxylic acids is 1. The number of hydrogen-bond donors (Lipinski definition) is 2. The molecule has 3 N–H and O–H groups in total. The minimum Gasteiger partial charge on any atom is -0.481 e. The van der Waals surface area contributed by atoms with Gasteiger partial charge in [-0.05, 0) is 37.5 Å². The largest absolute Gasteiger partial charge is 0.481 e. The van der Waals surface area contributed by atoms with E-state index in [1.165, 1.54) is 0 Å². The molecule has 0 aromatic heterocycles. The predicted octanol–water partition coefficient (Wildman–Crippen LogP) is 1.39. The molecule has 5 heteroatoms. The van der Waals surface area contributed by atoms with Gasteiger partial charge in [0, 0.05) is 18.8 Å². The highest BCUT2D eigenvalue weighted by Crippen LogP contribution is 2.27. The van der Waals surface area contributed by atoms with Crippen molar-refractivity contribution in [1.29, 1.82) is 0 Å². The molecule has 1 unspecified atom stereocenters. The Morgan fingerprint density at radius 3 is 2.79 bits per heavy atom. The molecule has 1 aliphatic heterocycles. The van der Waals surface area contributed by atoms with Crippen LogP contribution in [-0.2, 0) is 4.79 Å². The Bertz CT molecular complexity index is 513. The maximum Gasteiger partial charge on any atom is 0.308 e. The topological polar surface area (TPSA) is 83.6 Å². The van der Waals surface area contributed by atoms with Gasteiger partial charge in [0.2, 0.25) is 0 Å². The van der Waals surface area contributed by atoms with Crippen molar-refractivity contribution in [3.8, 4) is 0 Å². The summed E-state index contributed by atoms with van der Waals surface area (Å²) in [5.74, 6) is -1.64. The van der Waals surface area contributed by atoms with Crippen LogP contribution in [0.4, 0.5) is 5.69 Å². The fourth-order valence-electron chi connectivity index (χ4n) is 2.51. The lowest BCUT2D eigenvalue weighted by Crippen LogP contribution is -2.39. The van der Waals surface area contributed by atoms with Crippen LogP contribution in [0.25, 0.3) is 0 Å². The number of benzene rings is 1. The Morgan fingerprint density at radius 1 is 1.42 bits per heavy atom. The minimum atomic E-state index is -0.780. The molecule has 2 rings (SSSR count). The van der Waals surface area contributed by atoms with Crippen molar-refractivity contribution in [2.45, 2.75) is 19.8 Å². The SMILES string of the molecule is Cc1ccc(C(N)=O)c(N2CCCC(C(=O)O)C2)c1. The Hall–Kier alpha value is -2.04. The maximum atomic E-state index is 11.5. The molecule has 0 aliphatic carbocycles. The molecule has 0 spiro atoms. The first kappa shape index (κ1) is 13.4. The quantitative estimate of drug-likeness (QED) is 0.862. The van der Waals surface area contributed by atoms with Gasteiger partial charge in [0.25, 0.3) is 5.91 Å². The summed E-state index contributed by atoms with van der Waals surface area (Å²) in [7, 11) is 0. The lowest BCUT2D eigenvalue weighted by molar-refractivity contribution is -0.141. The number of nitrogens with zero attached hydrogens (tertiary/aromatic N) is 1. The number of primary amides is 1. The second-order valence-electron chi connectivity index (χ2n) is 5.01. The molecule has 0 bridgehead atoms. The second kappa shape index (κ2) is 5.30. The molecule has 102 valence electrons. The summed E-state index contributed by atoms with van der Waals surface area (Å²) in [5.41, 5.74) is 7.61. The molecule has 5 nitrogen and oxygen atoms in total. The number of hydrogen-bond acceptors (Lipinski definition) is 3. The first-order valence-electron chi connectivity index (χ1n) is 6.37. The van der Waals surface area contributed by atoms with Crippen LogP contribution < -0.4 is 10.6 Å². The molecule has 1 aliphatic rings. The first-order valence-corrected chi connectivity index (χ1v) is 6.37. The number of rotatable bonds is 3. The zero-order chi connectivity index (χ0) is 14.0. The van der Waals surface area contributed by atoms with E-state index < -0.39 is 11.9 Å². The van der Waals surface area contributed by atoms with Crippen molar-refractivity contribution in [3.05, 3.63) is 29.3 Å². The van der Waals surface area contributed by atoms with E-state index in [1.807, 2.05) is 24.0 Å². The summed E-state index contributed by atoms with van der Waals surface area (Å²) in [6.45, 7) is 3.12. The number of aliphatic carboxylic acids is 1. The molecule has 19 heavy (non-hydrogen) atoms. The van der Waals surface area contributed by atoms with E-state index in [0.29, 0.717) is 18.5 Å². The van der Waals surface area contributed by atoms with Crippen LogP contribution in [0.5, 0.6) is 0 Å². The zero-order valence-electron chi connectivity index (χ0n) is 10.9. The van der Waals surface area contributed by atoms with Crippen molar-refractivity contribution in [1.82, 2.24) is 0 Å². The third-order valence-electron chi connectivity index (χ3n) is 3.53. The van der Waals surface area contributed by atoms with Crippen molar-refractivity contribution in [3.63, 3.8) is 0 Å². The Morgan fingerprint density at radius 2 is 2.16 bits per heavy atom. The predicted molar refractivity (Wildman–Crippen MR) is 72.3 cm³/mol. The summed E-state index contributed by atoms with van der Waals surface area (Å²) < 4.78 is 0. The summed E-state index contributed by atoms with van der Waals surface area (Å²) >= 11 is 0. The smallest absolute Gasteiger partial charge is 0.308 e. The highest BCUT2D eigenvalue weighted by molar-refractivity contribution is 5.98. The molecule has 1 fully saturated rings. The van der Waals surface area contributed by atoms with Crippen LogP contribution >= 0.6 is 0 Å². The maximum absolute atomic E-state index is 11.5. The molecule has 1 saturated heterocycles. The van der Waals surface area contributed by atoms with Gasteiger partial charge in [-0.3, -0.25) is 9.59 Å². The van der Waals surface area contributed by atoms with Crippen LogP contribution in [0, 0.1) is 12.8 Å². The third kappa shape index (κ3) is 2.86. The molecule has 1 aromatic carbocycles. The van der Waals surface area contributed by atoms with Gasteiger partial charge in [-0.25, -0.2) is 0 Å². The van der Waals surface area contributed by atoms with Gasteiger partial charge in [-0.1, -0.05) is 6.07 Å². The highest BCUT2D eigenvalue weighted by atomic mass is 16.4.